The molecule has 6 N–H and O–H groups in total. The van der Waals surface area contributed by atoms with Gasteiger partial charge in [-0.2, -0.15) is 0 Å². The number of benzene rings is 1. The Morgan fingerprint density at radius 1 is 1.09 bits per heavy atom. The number of amides is 1. The van der Waals surface area contributed by atoms with E-state index in [9.17, 15) is 28.5 Å². The van der Waals surface area contributed by atoms with Gasteiger partial charge < -0.3 is 30.7 Å². The van der Waals surface area contributed by atoms with Crippen molar-refractivity contribution in [3.63, 3.8) is 0 Å². The van der Waals surface area contributed by atoms with Crippen LogP contribution in [-0.2, 0) is 19.6 Å². The molecule has 1 amide bonds. The molecule has 1 aromatic heterocycles. The summed E-state index contributed by atoms with van der Waals surface area (Å²) in [6.45, 7) is 4.75. The van der Waals surface area contributed by atoms with Crippen molar-refractivity contribution in [2.45, 2.75) is 69.1 Å². The van der Waals surface area contributed by atoms with Gasteiger partial charge in [0, 0.05) is 23.5 Å². The zero-order valence-electron chi connectivity index (χ0n) is 19.7. The fourth-order valence-corrected chi connectivity index (χ4v) is 4.68. The average molecular weight is 510 g/mol. The Bertz CT molecular complexity index is 1110. The Morgan fingerprint density at radius 3 is 2.29 bits per heavy atom. The molecule has 1 fully saturated rings. The number of nitrogens with zero attached hydrogens (tertiary/aromatic N) is 2. The summed E-state index contributed by atoms with van der Waals surface area (Å²) in [5, 5.41) is 35.9. The van der Waals surface area contributed by atoms with Gasteiger partial charge in [0.25, 0.3) is 10.0 Å². The highest BCUT2D eigenvalue weighted by Gasteiger charge is 2.45. The summed E-state index contributed by atoms with van der Waals surface area (Å²) in [5.41, 5.74) is 1.67. The highest BCUT2D eigenvalue weighted by molar-refractivity contribution is 7.92. The normalized spacial score (nSPS) is 24.6. The van der Waals surface area contributed by atoms with E-state index in [4.69, 9.17) is 4.74 Å². The molecule has 0 bridgehead atoms. The van der Waals surface area contributed by atoms with E-state index in [0.29, 0.717) is 23.5 Å². The van der Waals surface area contributed by atoms with Gasteiger partial charge in [-0.3, -0.25) is 4.79 Å². The highest BCUT2D eigenvalue weighted by atomic mass is 32.2. The largest absolute Gasteiger partial charge is 0.394 e. The summed E-state index contributed by atoms with van der Waals surface area (Å²) in [4.78, 5) is 20.3. The molecule has 1 aliphatic rings. The lowest BCUT2D eigenvalue weighted by Crippen LogP contribution is -2.66. The van der Waals surface area contributed by atoms with Crippen LogP contribution < -0.4 is 15.4 Å². The van der Waals surface area contributed by atoms with Crippen LogP contribution >= 0.6 is 0 Å². The molecule has 0 aliphatic carbocycles. The van der Waals surface area contributed by atoms with Crippen LogP contribution in [0.4, 0.5) is 11.6 Å². The van der Waals surface area contributed by atoms with Crippen LogP contribution in [0.3, 0.4) is 0 Å². The van der Waals surface area contributed by atoms with Gasteiger partial charge in [-0.15, -0.1) is 0 Å². The summed E-state index contributed by atoms with van der Waals surface area (Å²) >= 11 is 0. The maximum Gasteiger partial charge on any atom is 0.264 e. The molecule has 192 valence electrons. The first kappa shape index (κ1) is 26.8. The molecule has 2 heterocycles. The number of ether oxygens (including phenoxy) is 1. The van der Waals surface area contributed by atoms with Crippen LogP contribution in [0.5, 0.6) is 0 Å². The fraction of sp³-hybridized carbons (Fsp3) is 0.500. The SMILES string of the molecule is CCCC(=O)NC1C(Nc2ccc(S(=O)(=O)Nc3nc(C)cc(C)n3)cc2)OC(CO)C(O)C1O. The van der Waals surface area contributed by atoms with Gasteiger partial charge in [-0.05, 0) is 50.6 Å². The second-order valence-electron chi connectivity index (χ2n) is 8.35. The molecule has 0 saturated carbocycles. The molecule has 1 aromatic carbocycles. The van der Waals surface area contributed by atoms with Gasteiger partial charge in [0.1, 0.15) is 24.4 Å². The van der Waals surface area contributed by atoms with Crippen LogP contribution in [0.2, 0.25) is 0 Å². The first-order valence-corrected chi connectivity index (χ1v) is 12.7. The predicted octanol–water partition coefficient (Wildman–Crippen LogP) is 0.0300. The molecular weight excluding hydrogens is 478 g/mol. The topological polar surface area (TPSA) is 183 Å². The minimum atomic E-state index is -3.96. The van der Waals surface area contributed by atoms with E-state index in [-0.39, 0.29) is 23.2 Å². The zero-order chi connectivity index (χ0) is 25.8. The van der Waals surface area contributed by atoms with Crippen LogP contribution in [0, 0.1) is 13.8 Å². The minimum Gasteiger partial charge on any atom is -0.394 e. The molecule has 13 heteroatoms. The van der Waals surface area contributed by atoms with Crippen molar-refractivity contribution in [2.75, 3.05) is 16.6 Å². The van der Waals surface area contributed by atoms with Crippen LogP contribution in [0.25, 0.3) is 0 Å². The number of aliphatic hydroxyl groups excluding tert-OH is 3. The number of hydrogen-bond acceptors (Lipinski definition) is 10. The number of rotatable bonds is 9. The monoisotopic (exact) mass is 509 g/mol. The van der Waals surface area contributed by atoms with Gasteiger partial charge in [-0.25, -0.2) is 23.1 Å². The van der Waals surface area contributed by atoms with E-state index >= 15 is 0 Å². The maximum atomic E-state index is 12.7. The molecule has 35 heavy (non-hydrogen) atoms. The third kappa shape index (κ3) is 6.64. The van der Waals surface area contributed by atoms with Crippen LogP contribution in [0.15, 0.2) is 35.2 Å². The summed E-state index contributed by atoms with van der Waals surface area (Å²) in [6, 6.07) is 6.39. The quantitative estimate of drug-likeness (QED) is 0.270. The first-order valence-electron chi connectivity index (χ1n) is 11.2. The molecule has 0 radical (unpaired) electrons. The molecule has 1 saturated heterocycles. The predicted molar refractivity (Wildman–Crippen MR) is 127 cm³/mol. The Morgan fingerprint density at radius 2 is 1.71 bits per heavy atom. The van der Waals surface area contributed by atoms with Crippen molar-refractivity contribution >= 4 is 27.6 Å². The molecule has 2 aromatic rings. The van der Waals surface area contributed by atoms with E-state index in [1.165, 1.54) is 24.3 Å². The number of sulfonamides is 1. The van der Waals surface area contributed by atoms with E-state index < -0.39 is 47.2 Å². The van der Waals surface area contributed by atoms with Gasteiger partial charge in [0.05, 0.1) is 11.5 Å². The van der Waals surface area contributed by atoms with Gasteiger partial charge in [0.15, 0.2) is 6.23 Å². The smallest absolute Gasteiger partial charge is 0.264 e. The van der Waals surface area contributed by atoms with Crippen molar-refractivity contribution in [3.05, 3.63) is 41.7 Å². The molecule has 5 atom stereocenters. The number of carbonyl (C=O) groups is 1. The fourth-order valence-electron chi connectivity index (χ4n) is 3.73. The van der Waals surface area contributed by atoms with E-state index in [1.807, 2.05) is 6.92 Å². The lowest BCUT2D eigenvalue weighted by atomic mass is 9.95. The third-order valence-corrected chi connectivity index (χ3v) is 6.76. The Hall–Kier alpha value is -2.84. The van der Waals surface area contributed by atoms with Crippen molar-refractivity contribution in [3.8, 4) is 0 Å². The van der Waals surface area contributed by atoms with E-state index in [2.05, 4.69) is 25.3 Å². The molecule has 3 rings (SSSR count). The zero-order valence-corrected chi connectivity index (χ0v) is 20.5. The number of hydrogen-bond donors (Lipinski definition) is 6. The highest BCUT2D eigenvalue weighted by Crippen LogP contribution is 2.24. The number of carbonyl (C=O) groups excluding carboxylic acids is 1. The number of aromatic nitrogens is 2. The van der Waals surface area contributed by atoms with Gasteiger partial charge in [0.2, 0.25) is 11.9 Å². The van der Waals surface area contributed by atoms with Crippen molar-refractivity contribution < 1.29 is 33.3 Å². The summed E-state index contributed by atoms with van der Waals surface area (Å²) in [6.07, 6.45) is -4.08. The Balaban J connectivity index is 1.77. The molecule has 1 aliphatic heterocycles. The Labute approximate surface area is 203 Å². The number of aryl methyl sites for hydroxylation is 2. The second-order valence-corrected chi connectivity index (χ2v) is 10.0. The van der Waals surface area contributed by atoms with Crippen molar-refractivity contribution in [2.24, 2.45) is 0 Å². The lowest BCUT2D eigenvalue weighted by molar-refractivity contribution is -0.188. The van der Waals surface area contributed by atoms with Gasteiger partial charge >= 0.3 is 0 Å². The summed E-state index contributed by atoms with van der Waals surface area (Å²) in [5.74, 6) is -0.365. The molecule has 5 unspecified atom stereocenters. The third-order valence-electron chi connectivity index (χ3n) is 5.41. The standard InChI is InChI=1S/C22H31N5O7S/c1-4-5-17(29)26-18-20(31)19(30)16(11-28)34-21(18)25-14-6-8-15(9-7-14)35(32,33)27-22-23-12(2)10-13(3)24-22/h6-10,16,18-21,25,28,30-31H,4-5,11H2,1-3H3,(H,26,29)(H,23,24,27). The Kier molecular flexibility index (Phi) is 8.61. The summed E-state index contributed by atoms with van der Waals surface area (Å²) in [7, 11) is -3.96. The van der Waals surface area contributed by atoms with Crippen molar-refractivity contribution in [1.29, 1.82) is 0 Å². The lowest BCUT2D eigenvalue weighted by Gasteiger charge is -2.43. The van der Waals surface area contributed by atoms with E-state index in [0.717, 1.165) is 0 Å². The molecule has 12 nitrogen and oxygen atoms in total. The second kappa shape index (κ2) is 11.3. The van der Waals surface area contributed by atoms with Crippen LogP contribution in [-0.4, -0.2) is 76.8 Å². The number of aliphatic hydroxyl groups is 3. The molecule has 0 spiro atoms. The maximum absolute atomic E-state index is 12.7. The van der Waals surface area contributed by atoms with Crippen LogP contribution in [0.1, 0.15) is 31.2 Å². The molecular formula is C22H31N5O7S. The number of nitrogens with one attached hydrogen (secondary N) is 3. The van der Waals surface area contributed by atoms with E-state index in [1.54, 1.807) is 19.9 Å². The van der Waals surface area contributed by atoms with Crippen molar-refractivity contribution in [1.82, 2.24) is 15.3 Å². The minimum absolute atomic E-state index is 0.0337. The summed E-state index contributed by atoms with van der Waals surface area (Å²) < 4.78 is 33.5. The van der Waals surface area contributed by atoms with Gasteiger partial charge in [-0.1, -0.05) is 6.92 Å². The average Bonchev–Trinajstić information content (AvgIpc) is 2.78. The number of anilines is 2. The first-order chi connectivity index (χ1) is 16.5.